The van der Waals surface area contributed by atoms with E-state index in [1.165, 1.54) is 46.9 Å². The second-order valence-electron chi connectivity index (χ2n) is 10.9. The van der Waals surface area contributed by atoms with Crippen LogP contribution < -0.4 is 4.90 Å². The molecule has 1 fully saturated rings. The monoisotopic (exact) mass is 505 g/mol. The van der Waals surface area contributed by atoms with Crippen molar-refractivity contribution in [1.29, 1.82) is 0 Å². The van der Waals surface area contributed by atoms with E-state index in [1.54, 1.807) is 6.08 Å². The maximum absolute atomic E-state index is 11.0. The molecule has 3 atom stereocenters. The number of rotatable bonds is 7. The Morgan fingerprint density at radius 3 is 2.61 bits per heavy atom. The van der Waals surface area contributed by atoms with Crippen LogP contribution in [0.2, 0.25) is 0 Å². The number of benzene rings is 2. The van der Waals surface area contributed by atoms with E-state index in [1.807, 2.05) is 10.9 Å². The molecule has 1 unspecified atom stereocenters. The molecular weight excluding hydrogens is 470 g/mol. The number of aliphatic carboxylic acids is 1. The third-order valence-electron chi connectivity index (χ3n) is 8.27. The molecule has 1 aromatic heterocycles. The molecule has 1 aliphatic heterocycles. The Labute approximate surface area is 224 Å². The van der Waals surface area contributed by atoms with Crippen molar-refractivity contribution in [2.24, 2.45) is 5.92 Å². The average Bonchev–Trinajstić information content (AvgIpc) is 3.67. The molecule has 0 saturated heterocycles. The van der Waals surface area contributed by atoms with Crippen molar-refractivity contribution in [2.75, 3.05) is 4.90 Å². The number of aromatic nitrogens is 2. The Kier molecular flexibility index (Phi) is 6.52. The van der Waals surface area contributed by atoms with Crippen LogP contribution in [0.3, 0.4) is 0 Å². The second kappa shape index (κ2) is 10.1. The molecule has 38 heavy (non-hydrogen) atoms. The van der Waals surface area contributed by atoms with Gasteiger partial charge in [0.05, 0.1) is 12.2 Å². The lowest BCUT2D eigenvalue weighted by atomic mass is 9.78. The van der Waals surface area contributed by atoms with Crippen molar-refractivity contribution in [3.8, 4) is 11.1 Å². The van der Waals surface area contributed by atoms with Crippen molar-refractivity contribution >= 4 is 11.7 Å². The van der Waals surface area contributed by atoms with Crippen molar-refractivity contribution < 1.29 is 9.90 Å². The zero-order valence-electron chi connectivity index (χ0n) is 22.1. The summed E-state index contributed by atoms with van der Waals surface area (Å²) in [6.45, 7) is 5.32. The topological polar surface area (TPSA) is 58.4 Å². The van der Waals surface area contributed by atoms with Crippen LogP contribution in [-0.2, 0) is 17.8 Å². The highest BCUT2D eigenvalue weighted by Crippen LogP contribution is 2.46. The number of anilines is 1. The molecule has 2 aromatic carbocycles. The van der Waals surface area contributed by atoms with Crippen molar-refractivity contribution in [2.45, 2.75) is 64.1 Å². The van der Waals surface area contributed by atoms with Crippen LogP contribution in [-0.4, -0.2) is 26.9 Å². The van der Waals surface area contributed by atoms with Crippen LogP contribution in [0, 0.1) is 5.92 Å². The lowest BCUT2D eigenvalue weighted by molar-refractivity contribution is -0.131. The zero-order valence-corrected chi connectivity index (χ0v) is 22.1. The standard InChI is InChI=1S/C33H35N3O2/c1-3-35-21-29(20-34-35)27-13-16-31-28(19-27)18-22(2)36(30-14-11-25(12-15-30)24-9-10-24)33(31)26-7-4-23(5-8-26)6-17-32(37)38/h4-7,11-17,19-22,24,26,33H,3,8-10,18H2,1-2H3,(H,37,38)/b17-6+/t22-,26?,33-/m1/s1. The van der Waals surface area contributed by atoms with Crippen molar-refractivity contribution in [3.05, 3.63) is 108 Å². The molecule has 6 rings (SSSR count). The van der Waals surface area contributed by atoms with Gasteiger partial charge in [-0.2, -0.15) is 5.10 Å². The van der Waals surface area contributed by atoms with Gasteiger partial charge < -0.3 is 10.0 Å². The molecule has 1 N–H and O–H groups in total. The number of carbonyl (C=O) groups is 1. The molecule has 5 nitrogen and oxygen atoms in total. The molecular formula is C33H35N3O2. The van der Waals surface area contributed by atoms with Gasteiger partial charge in [-0.25, -0.2) is 4.79 Å². The number of aryl methyl sites for hydroxylation is 1. The minimum atomic E-state index is -0.919. The lowest BCUT2D eigenvalue weighted by Crippen LogP contribution is -2.45. The Hall–Kier alpha value is -3.86. The third kappa shape index (κ3) is 4.85. The number of allylic oxidation sites excluding steroid dienone is 4. The predicted molar refractivity (Wildman–Crippen MR) is 152 cm³/mol. The van der Waals surface area contributed by atoms with Gasteiger partial charge >= 0.3 is 5.97 Å². The number of carboxylic acids is 1. The number of hydrogen-bond donors (Lipinski definition) is 1. The highest BCUT2D eigenvalue weighted by atomic mass is 16.4. The third-order valence-corrected chi connectivity index (χ3v) is 8.27. The Morgan fingerprint density at radius 2 is 1.95 bits per heavy atom. The molecule has 3 aliphatic rings. The zero-order chi connectivity index (χ0) is 26.2. The summed E-state index contributed by atoms with van der Waals surface area (Å²) in [6, 6.07) is 16.8. The highest BCUT2D eigenvalue weighted by molar-refractivity contribution is 5.80. The van der Waals surface area contributed by atoms with Crippen LogP contribution in [0.15, 0.2) is 90.8 Å². The number of nitrogens with zero attached hydrogens (tertiary/aromatic N) is 3. The highest BCUT2D eigenvalue weighted by Gasteiger charge is 2.37. The van der Waals surface area contributed by atoms with Gasteiger partial charge in [0.15, 0.2) is 0 Å². The van der Waals surface area contributed by atoms with Crippen LogP contribution in [0.5, 0.6) is 0 Å². The number of hydrogen-bond acceptors (Lipinski definition) is 3. The summed E-state index contributed by atoms with van der Waals surface area (Å²) in [5, 5.41) is 13.5. The quantitative estimate of drug-likeness (QED) is 0.349. The Morgan fingerprint density at radius 1 is 1.13 bits per heavy atom. The first kappa shape index (κ1) is 24.5. The maximum atomic E-state index is 11.0. The predicted octanol–water partition coefficient (Wildman–Crippen LogP) is 7.08. The van der Waals surface area contributed by atoms with E-state index in [0.29, 0.717) is 6.04 Å². The molecule has 2 aliphatic carbocycles. The summed E-state index contributed by atoms with van der Waals surface area (Å²) in [6.07, 6.45) is 18.0. The van der Waals surface area contributed by atoms with Crippen LogP contribution in [0.25, 0.3) is 11.1 Å². The van der Waals surface area contributed by atoms with E-state index in [9.17, 15) is 4.79 Å². The number of carboxylic acid groups (broad SMARTS) is 1. The van der Waals surface area contributed by atoms with E-state index in [4.69, 9.17) is 5.11 Å². The average molecular weight is 506 g/mol. The van der Waals surface area contributed by atoms with E-state index in [0.717, 1.165) is 36.4 Å². The fourth-order valence-electron chi connectivity index (χ4n) is 6.14. The van der Waals surface area contributed by atoms with Gasteiger partial charge in [0.1, 0.15) is 0 Å². The summed E-state index contributed by atoms with van der Waals surface area (Å²) in [5.41, 5.74) is 8.86. The van der Waals surface area contributed by atoms with Gasteiger partial charge in [0.2, 0.25) is 0 Å². The van der Waals surface area contributed by atoms with Gasteiger partial charge in [-0.05, 0) is 91.5 Å². The molecule has 0 spiro atoms. The second-order valence-corrected chi connectivity index (χ2v) is 10.9. The molecule has 2 heterocycles. The summed E-state index contributed by atoms with van der Waals surface area (Å²) < 4.78 is 1.97. The largest absolute Gasteiger partial charge is 0.478 e. The van der Waals surface area contributed by atoms with E-state index >= 15 is 0 Å². The first-order valence-electron chi connectivity index (χ1n) is 13.8. The van der Waals surface area contributed by atoms with Crippen LogP contribution in [0.1, 0.15) is 61.8 Å². The molecule has 5 heteroatoms. The van der Waals surface area contributed by atoms with Crippen LogP contribution in [0.4, 0.5) is 5.69 Å². The minimum absolute atomic E-state index is 0.199. The fraction of sp³-hybridized carbons (Fsp3) is 0.333. The minimum Gasteiger partial charge on any atom is -0.478 e. The Balaban J connectivity index is 1.37. The SMILES string of the molecule is CCn1cc(-c2ccc3c(c2)C[C@@H](C)N(c2ccc(C4CC4)cc2)[C@@H]3C2C=CC(/C=C/C(=O)O)=CC2)cn1. The van der Waals surface area contributed by atoms with Gasteiger partial charge in [-0.1, -0.05) is 48.6 Å². The lowest BCUT2D eigenvalue weighted by Gasteiger charge is -2.47. The molecule has 0 bridgehead atoms. The maximum Gasteiger partial charge on any atom is 0.328 e. The normalized spacial score (nSPS) is 22.9. The summed E-state index contributed by atoms with van der Waals surface area (Å²) in [7, 11) is 0. The van der Waals surface area contributed by atoms with Crippen LogP contribution >= 0.6 is 0 Å². The Bertz CT molecular complexity index is 1420. The molecule has 1 saturated carbocycles. The van der Waals surface area contributed by atoms with Gasteiger partial charge in [0.25, 0.3) is 0 Å². The number of fused-ring (bicyclic) bond motifs is 1. The van der Waals surface area contributed by atoms with Gasteiger partial charge in [-0.3, -0.25) is 4.68 Å². The van der Waals surface area contributed by atoms with E-state index in [2.05, 4.69) is 90.7 Å². The first-order valence-corrected chi connectivity index (χ1v) is 13.8. The van der Waals surface area contributed by atoms with Gasteiger partial charge in [-0.15, -0.1) is 0 Å². The van der Waals surface area contributed by atoms with Gasteiger partial charge in [0, 0.05) is 42.0 Å². The first-order chi connectivity index (χ1) is 18.5. The summed E-state index contributed by atoms with van der Waals surface area (Å²) in [4.78, 5) is 13.6. The smallest absolute Gasteiger partial charge is 0.328 e. The van der Waals surface area contributed by atoms with Crippen molar-refractivity contribution in [1.82, 2.24) is 9.78 Å². The van der Waals surface area contributed by atoms with Crippen molar-refractivity contribution in [3.63, 3.8) is 0 Å². The molecule has 3 aromatic rings. The summed E-state index contributed by atoms with van der Waals surface area (Å²) in [5.74, 6) is 0.117. The molecule has 0 amide bonds. The van der Waals surface area contributed by atoms with E-state index < -0.39 is 5.97 Å². The van der Waals surface area contributed by atoms with E-state index in [-0.39, 0.29) is 12.0 Å². The molecule has 194 valence electrons. The fourth-order valence-corrected chi connectivity index (χ4v) is 6.14. The molecule has 0 radical (unpaired) electrons. The summed E-state index contributed by atoms with van der Waals surface area (Å²) >= 11 is 0.